The van der Waals surface area contributed by atoms with Crippen LogP contribution in [0.1, 0.15) is 27.2 Å². The fraction of sp³-hybridized carbons (Fsp3) is 0.320. The van der Waals surface area contributed by atoms with E-state index in [1.807, 2.05) is 12.1 Å². The number of carbonyl (C=O) groups is 2. The maximum Gasteiger partial charge on any atom is 0.272 e. The molecule has 1 fully saturated rings. The maximum atomic E-state index is 13.0. The molecule has 4 rings (SSSR count). The molecule has 6 heteroatoms. The molecule has 1 aliphatic rings. The van der Waals surface area contributed by atoms with E-state index < -0.39 is 0 Å². The highest BCUT2D eigenvalue weighted by Crippen LogP contribution is 2.28. The first-order valence-electron chi connectivity index (χ1n) is 10.6. The summed E-state index contributed by atoms with van der Waals surface area (Å²) in [6.45, 7) is 5.53. The largest absolute Gasteiger partial charge is 0.354 e. The van der Waals surface area contributed by atoms with Crippen LogP contribution in [-0.2, 0) is 18.3 Å². The maximum absolute atomic E-state index is 13.0. The van der Waals surface area contributed by atoms with Crippen LogP contribution in [0.25, 0.3) is 11.1 Å². The van der Waals surface area contributed by atoms with E-state index >= 15 is 0 Å². The lowest BCUT2D eigenvalue weighted by atomic mass is 9.90. The Kier molecular flexibility index (Phi) is 5.89. The van der Waals surface area contributed by atoms with Gasteiger partial charge in [-0.1, -0.05) is 53.6 Å². The van der Waals surface area contributed by atoms with Crippen molar-refractivity contribution in [1.29, 1.82) is 0 Å². The second-order valence-electron chi connectivity index (χ2n) is 8.32. The van der Waals surface area contributed by atoms with Crippen LogP contribution in [0.4, 0.5) is 0 Å². The minimum Gasteiger partial charge on any atom is -0.354 e. The van der Waals surface area contributed by atoms with Gasteiger partial charge in [-0.2, -0.15) is 5.10 Å². The Bertz CT molecular complexity index is 1100. The first kappa shape index (κ1) is 20.8. The monoisotopic (exact) mass is 416 g/mol. The number of nitrogens with one attached hydrogen (secondary N) is 1. The van der Waals surface area contributed by atoms with Crippen molar-refractivity contribution in [2.24, 2.45) is 13.0 Å². The lowest BCUT2D eigenvalue weighted by Crippen LogP contribution is -2.38. The van der Waals surface area contributed by atoms with Gasteiger partial charge in [0.1, 0.15) is 5.69 Å². The number of hydrogen-bond acceptors (Lipinski definition) is 3. The third-order valence-corrected chi connectivity index (χ3v) is 5.84. The van der Waals surface area contributed by atoms with Crippen LogP contribution in [0.15, 0.2) is 54.7 Å². The molecule has 3 aromatic rings. The zero-order chi connectivity index (χ0) is 22.0. The summed E-state index contributed by atoms with van der Waals surface area (Å²) in [7, 11) is 1.76. The van der Waals surface area contributed by atoms with Gasteiger partial charge in [0.2, 0.25) is 5.91 Å². The number of carbonyl (C=O) groups excluding carboxylic acids is 2. The molecule has 6 nitrogen and oxygen atoms in total. The minimum absolute atomic E-state index is 0.00414. The lowest BCUT2D eigenvalue weighted by Gasteiger charge is -2.24. The molecule has 2 amide bonds. The summed E-state index contributed by atoms with van der Waals surface area (Å²) in [4.78, 5) is 27.6. The van der Waals surface area contributed by atoms with E-state index in [2.05, 4.69) is 54.6 Å². The molecule has 2 heterocycles. The molecule has 0 bridgehead atoms. The molecule has 1 aromatic heterocycles. The Balaban J connectivity index is 1.61. The molecule has 160 valence electrons. The Morgan fingerprint density at radius 2 is 1.87 bits per heavy atom. The first-order valence-corrected chi connectivity index (χ1v) is 10.6. The van der Waals surface area contributed by atoms with E-state index in [0.717, 1.165) is 16.7 Å². The zero-order valence-electron chi connectivity index (χ0n) is 18.3. The molecule has 0 saturated carbocycles. The molecule has 1 N–H and O–H groups in total. The SMILES string of the molecule is Cc1cc(C)cc(-c2ccccc2C[C@H]2CN(C(=O)c3ccnn3C)CCNC2=O)c1. The van der Waals surface area contributed by atoms with Gasteiger partial charge in [0.05, 0.1) is 5.92 Å². The van der Waals surface area contributed by atoms with Gasteiger partial charge in [0.15, 0.2) is 0 Å². The molecular weight excluding hydrogens is 388 g/mol. The molecule has 1 atom stereocenters. The number of aryl methyl sites for hydroxylation is 3. The third-order valence-electron chi connectivity index (χ3n) is 5.84. The van der Waals surface area contributed by atoms with E-state index in [4.69, 9.17) is 0 Å². The predicted molar refractivity (Wildman–Crippen MR) is 121 cm³/mol. The van der Waals surface area contributed by atoms with E-state index in [9.17, 15) is 9.59 Å². The van der Waals surface area contributed by atoms with E-state index in [1.165, 1.54) is 11.1 Å². The van der Waals surface area contributed by atoms with Crippen molar-refractivity contribution in [1.82, 2.24) is 20.0 Å². The summed E-state index contributed by atoms with van der Waals surface area (Å²) in [6, 6.07) is 16.5. The summed E-state index contributed by atoms with van der Waals surface area (Å²) < 4.78 is 1.58. The normalized spacial score (nSPS) is 16.7. The number of amides is 2. The van der Waals surface area contributed by atoms with Gasteiger partial charge >= 0.3 is 0 Å². The Hall–Kier alpha value is -3.41. The summed E-state index contributed by atoms with van der Waals surface area (Å²) >= 11 is 0. The molecule has 2 aromatic carbocycles. The van der Waals surface area contributed by atoms with Gasteiger partial charge in [-0.05, 0) is 43.0 Å². The van der Waals surface area contributed by atoms with Crippen LogP contribution >= 0.6 is 0 Å². The van der Waals surface area contributed by atoms with Crippen molar-refractivity contribution in [2.45, 2.75) is 20.3 Å². The lowest BCUT2D eigenvalue weighted by molar-refractivity contribution is -0.124. The summed E-state index contributed by atoms with van der Waals surface area (Å²) in [5.74, 6) is -0.411. The van der Waals surface area contributed by atoms with E-state index in [1.54, 1.807) is 28.9 Å². The Labute approximate surface area is 182 Å². The van der Waals surface area contributed by atoms with Crippen LogP contribution in [-0.4, -0.2) is 46.1 Å². The molecule has 0 radical (unpaired) electrons. The summed E-state index contributed by atoms with van der Waals surface area (Å²) in [5.41, 5.74) is 6.36. The number of nitrogens with zero attached hydrogens (tertiary/aromatic N) is 3. The smallest absolute Gasteiger partial charge is 0.272 e. The Morgan fingerprint density at radius 1 is 1.13 bits per heavy atom. The Morgan fingerprint density at radius 3 is 2.58 bits per heavy atom. The summed E-state index contributed by atoms with van der Waals surface area (Å²) in [5, 5.41) is 7.09. The van der Waals surface area contributed by atoms with Gasteiger partial charge < -0.3 is 10.2 Å². The molecule has 1 saturated heterocycles. The van der Waals surface area contributed by atoms with E-state index in [0.29, 0.717) is 31.7 Å². The van der Waals surface area contributed by atoms with Crippen molar-refractivity contribution >= 4 is 11.8 Å². The molecule has 31 heavy (non-hydrogen) atoms. The number of hydrogen-bond donors (Lipinski definition) is 1. The number of benzene rings is 2. The number of rotatable bonds is 4. The average Bonchev–Trinajstić information content (AvgIpc) is 3.08. The molecule has 1 aliphatic heterocycles. The minimum atomic E-state index is -0.313. The van der Waals surface area contributed by atoms with Gasteiger partial charge in [-0.25, -0.2) is 0 Å². The van der Waals surface area contributed by atoms with Gasteiger partial charge in [-0.15, -0.1) is 0 Å². The fourth-order valence-electron chi connectivity index (χ4n) is 4.36. The van der Waals surface area contributed by atoms with Crippen molar-refractivity contribution in [3.05, 3.63) is 77.1 Å². The molecule has 0 spiro atoms. The quantitative estimate of drug-likeness (QED) is 0.711. The van der Waals surface area contributed by atoms with Crippen LogP contribution in [0.2, 0.25) is 0 Å². The van der Waals surface area contributed by atoms with Crippen LogP contribution in [0.5, 0.6) is 0 Å². The van der Waals surface area contributed by atoms with Crippen LogP contribution in [0.3, 0.4) is 0 Å². The molecule has 0 unspecified atom stereocenters. The van der Waals surface area contributed by atoms with Crippen LogP contribution in [0, 0.1) is 19.8 Å². The second-order valence-corrected chi connectivity index (χ2v) is 8.32. The highest BCUT2D eigenvalue weighted by Gasteiger charge is 2.29. The highest BCUT2D eigenvalue weighted by molar-refractivity contribution is 5.93. The van der Waals surface area contributed by atoms with Gasteiger partial charge in [0, 0.05) is 32.9 Å². The van der Waals surface area contributed by atoms with Crippen molar-refractivity contribution < 1.29 is 9.59 Å². The molecular formula is C25H28N4O2. The standard InChI is InChI=1S/C25H28N4O2/c1-17-12-18(2)14-20(13-17)22-7-5-4-6-19(22)15-21-16-29(11-10-26-24(21)30)25(31)23-8-9-27-28(23)3/h4-9,12-14,21H,10-11,15-16H2,1-3H3,(H,26,30)/t21-/m0/s1. The predicted octanol–water partition coefficient (Wildman–Crippen LogP) is 3.13. The van der Waals surface area contributed by atoms with Crippen molar-refractivity contribution in [3.63, 3.8) is 0 Å². The zero-order valence-corrected chi connectivity index (χ0v) is 18.3. The van der Waals surface area contributed by atoms with Gasteiger partial charge in [-0.3, -0.25) is 14.3 Å². The fourth-order valence-corrected chi connectivity index (χ4v) is 4.36. The third kappa shape index (κ3) is 4.53. The van der Waals surface area contributed by atoms with E-state index in [-0.39, 0.29) is 17.7 Å². The van der Waals surface area contributed by atoms with Gasteiger partial charge in [0.25, 0.3) is 5.91 Å². The number of aromatic nitrogens is 2. The van der Waals surface area contributed by atoms with Crippen LogP contribution < -0.4 is 5.32 Å². The highest BCUT2D eigenvalue weighted by atomic mass is 16.2. The first-order chi connectivity index (χ1) is 14.9. The average molecular weight is 417 g/mol. The van der Waals surface area contributed by atoms with Crippen molar-refractivity contribution in [2.75, 3.05) is 19.6 Å². The van der Waals surface area contributed by atoms with Crippen molar-refractivity contribution in [3.8, 4) is 11.1 Å². The summed E-state index contributed by atoms with van der Waals surface area (Å²) in [6.07, 6.45) is 2.19. The molecule has 0 aliphatic carbocycles. The topological polar surface area (TPSA) is 67.2 Å². The second kappa shape index (κ2) is 8.76.